The second kappa shape index (κ2) is 7.91. The molecule has 1 amide bonds. The van der Waals surface area contributed by atoms with E-state index in [1.54, 1.807) is 13.8 Å². The largest absolute Gasteiger partial charge is 0.449 e. The van der Waals surface area contributed by atoms with Crippen LogP contribution in [0, 0.1) is 5.92 Å². The number of nitrogens with one attached hydrogen (secondary N) is 1. The number of hydrogen-bond donors (Lipinski definition) is 1. The molecular weight excluding hydrogens is 396 g/mol. The Hall–Kier alpha value is -2.60. The van der Waals surface area contributed by atoms with Gasteiger partial charge in [0.1, 0.15) is 12.1 Å². The molecule has 1 N–H and O–H groups in total. The number of nitrogens with zero attached hydrogens (tertiary/aromatic N) is 1. The van der Waals surface area contributed by atoms with Gasteiger partial charge in [0.15, 0.2) is 0 Å². The summed E-state index contributed by atoms with van der Waals surface area (Å²) in [4.78, 5) is 29.3. The van der Waals surface area contributed by atoms with Crippen LogP contribution in [0.4, 0.5) is 4.79 Å². The predicted molar refractivity (Wildman–Crippen MR) is 121 cm³/mol. The Labute approximate surface area is 181 Å². The van der Waals surface area contributed by atoms with Gasteiger partial charge in [-0.05, 0) is 53.8 Å². The molecule has 1 aliphatic carbocycles. The first kappa shape index (κ1) is 20.7. The van der Waals surface area contributed by atoms with Gasteiger partial charge in [0.25, 0.3) is 0 Å². The normalized spacial score (nSPS) is 18.0. The summed E-state index contributed by atoms with van der Waals surface area (Å²) in [5, 5.41) is 3.57. The number of carbonyl (C=O) groups is 2. The van der Waals surface area contributed by atoms with Crippen molar-refractivity contribution in [2.24, 2.45) is 10.9 Å². The number of carbonyl (C=O) groups excluding carboxylic acids is 2. The average Bonchev–Trinajstić information content (AvgIpc) is 3.17. The Balaban J connectivity index is 1.47. The van der Waals surface area contributed by atoms with Crippen molar-refractivity contribution in [2.45, 2.75) is 45.2 Å². The van der Waals surface area contributed by atoms with Crippen molar-refractivity contribution >= 4 is 28.0 Å². The van der Waals surface area contributed by atoms with Crippen LogP contribution in [0.25, 0.3) is 11.1 Å². The summed E-state index contributed by atoms with van der Waals surface area (Å²) in [6.07, 6.45) is -0.490. The molecule has 0 saturated heterocycles. The maximum absolute atomic E-state index is 12.7. The van der Waals surface area contributed by atoms with Crippen LogP contribution >= 0.6 is 11.8 Å². The summed E-state index contributed by atoms with van der Waals surface area (Å²) in [6.45, 7) is 7.83. The van der Waals surface area contributed by atoms with E-state index in [0.29, 0.717) is 5.04 Å². The van der Waals surface area contributed by atoms with Crippen molar-refractivity contribution in [3.05, 3.63) is 59.7 Å². The van der Waals surface area contributed by atoms with Gasteiger partial charge in [-0.25, -0.2) is 4.79 Å². The highest BCUT2D eigenvalue weighted by molar-refractivity contribution is 8.27. The van der Waals surface area contributed by atoms with Crippen LogP contribution in [0.15, 0.2) is 53.5 Å². The highest BCUT2D eigenvalue weighted by Gasteiger charge is 2.39. The standard InChI is InChI=1S/C24H26N2O3S/c1-14(2)20(21-26-24(3,4)22(27)30-21)25-23(28)29-13-19-17-11-7-5-9-15(17)16-10-6-8-12-18(16)19/h5-12,14,19-20H,13H2,1-4H3,(H,25,28)/t20-/m0/s1. The number of benzene rings is 2. The topological polar surface area (TPSA) is 67.8 Å². The molecular formula is C24H26N2O3S. The molecule has 1 aliphatic heterocycles. The SMILES string of the molecule is CC(C)[C@H](NC(=O)OCC1c2ccccc2-c2ccccc21)C1=NC(C)(C)C(=O)S1. The van der Waals surface area contributed by atoms with E-state index in [-0.39, 0.29) is 29.6 Å². The molecule has 0 aromatic heterocycles. The first-order valence-electron chi connectivity index (χ1n) is 10.2. The number of amides is 1. The summed E-state index contributed by atoms with van der Waals surface area (Å²) < 4.78 is 5.66. The summed E-state index contributed by atoms with van der Waals surface area (Å²) in [7, 11) is 0. The van der Waals surface area contributed by atoms with E-state index in [0.717, 1.165) is 11.8 Å². The predicted octanol–water partition coefficient (Wildman–Crippen LogP) is 5.00. The second-order valence-electron chi connectivity index (χ2n) is 8.59. The molecule has 2 aromatic rings. The molecule has 0 saturated carbocycles. The van der Waals surface area contributed by atoms with E-state index >= 15 is 0 Å². The Morgan fingerprint density at radius 2 is 1.67 bits per heavy atom. The third-order valence-corrected chi connectivity index (χ3v) is 6.88. The lowest BCUT2D eigenvalue weighted by Gasteiger charge is -2.22. The zero-order valence-electron chi connectivity index (χ0n) is 17.6. The lowest BCUT2D eigenvalue weighted by molar-refractivity contribution is -0.114. The smallest absolute Gasteiger partial charge is 0.407 e. The maximum Gasteiger partial charge on any atom is 0.407 e. The van der Waals surface area contributed by atoms with Crippen molar-refractivity contribution < 1.29 is 14.3 Å². The molecule has 30 heavy (non-hydrogen) atoms. The quantitative estimate of drug-likeness (QED) is 0.736. The summed E-state index contributed by atoms with van der Waals surface area (Å²) in [6, 6.07) is 16.1. The van der Waals surface area contributed by atoms with Crippen LogP contribution in [0.3, 0.4) is 0 Å². The molecule has 0 fully saturated rings. The minimum atomic E-state index is -0.754. The monoisotopic (exact) mass is 422 g/mol. The van der Waals surface area contributed by atoms with Gasteiger partial charge in [-0.3, -0.25) is 9.79 Å². The number of aliphatic imine (C=N–C) groups is 1. The number of hydrogen-bond acceptors (Lipinski definition) is 5. The second-order valence-corrected chi connectivity index (χ2v) is 9.58. The summed E-state index contributed by atoms with van der Waals surface area (Å²) >= 11 is 1.12. The van der Waals surface area contributed by atoms with Gasteiger partial charge in [0, 0.05) is 5.92 Å². The van der Waals surface area contributed by atoms with Crippen molar-refractivity contribution in [2.75, 3.05) is 6.61 Å². The average molecular weight is 423 g/mol. The number of rotatable bonds is 5. The molecule has 0 bridgehead atoms. The van der Waals surface area contributed by atoms with Crippen molar-refractivity contribution in [3.63, 3.8) is 0 Å². The summed E-state index contributed by atoms with van der Waals surface area (Å²) in [5.41, 5.74) is 3.99. The molecule has 0 unspecified atom stereocenters. The fourth-order valence-corrected chi connectivity index (χ4v) is 5.19. The van der Waals surface area contributed by atoms with Gasteiger partial charge in [-0.2, -0.15) is 0 Å². The molecule has 4 rings (SSSR count). The van der Waals surface area contributed by atoms with Crippen molar-refractivity contribution in [3.8, 4) is 11.1 Å². The Kier molecular flexibility index (Phi) is 5.45. The van der Waals surface area contributed by atoms with E-state index in [2.05, 4.69) is 34.6 Å². The number of thioether (sulfide) groups is 1. The van der Waals surface area contributed by atoms with Gasteiger partial charge >= 0.3 is 6.09 Å². The maximum atomic E-state index is 12.7. The molecule has 5 nitrogen and oxygen atoms in total. The molecule has 2 aliphatic rings. The Bertz CT molecular complexity index is 983. The fraction of sp³-hybridized carbons (Fsp3) is 0.375. The molecule has 1 heterocycles. The van der Waals surface area contributed by atoms with Crippen molar-refractivity contribution in [1.29, 1.82) is 0 Å². The van der Waals surface area contributed by atoms with Crippen molar-refractivity contribution in [1.82, 2.24) is 5.32 Å². The van der Waals surface area contributed by atoms with E-state index < -0.39 is 11.6 Å². The Morgan fingerprint density at radius 1 is 1.10 bits per heavy atom. The van der Waals surface area contributed by atoms with Gasteiger partial charge < -0.3 is 10.1 Å². The molecule has 1 atom stereocenters. The fourth-order valence-electron chi connectivity index (χ4n) is 3.98. The van der Waals surface area contributed by atoms with Gasteiger partial charge in [-0.15, -0.1) is 0 Å². The summed E-state index contributed by atoms with van der Waals surface area (Å²) in [5.74, 6) is 0.0952. The third kappa shape index (κ3) is 3.76. The van der Waals surface area contributed by atoms with E-state index in [4.69, 9.17) is 4.74 Å². The van der Waals surface area contributed by atoms with E-state index in [1.807, 2.05) is 38.1 Å². The van der Waals surface area contributed by atoms with Crippen LogP contribution in [0.5, 0.6) is 0 Å². The molecule has 2 aromatic carbocycles. The van der Waals surface area contributed by atoms with Crippen LogP contribution < -0.4 is 5.32 Å². The van der Waals surface area contributed by atoms with Crippen LogP contribution in [0.2, 0.25) is 0 Å². The molecule has 0 spiro atoms. The highest BCUT2D eigenvalue weighted by atomic mass is 32.2. The number of fused-ring (bicyclic) bond motifs is 3. The van der Waals surface area contributed by atoms with E-state index in [9.17, 15) is 9.59 Å². The lowest BCUT2D eigenvalue weighted by Crippen LogP contribution is -2.43. The van der Waals surface area contributed by atoms with E-state index in [1.165, 1.54) is 22.3 Å². The minimum absolute atomic E-state index is 0.00233. The first-order chi connectivity index (χ1) is 14.3. The zero-order valence-corrected chi connectivity index (χ0v) is 18.5. The van der Waals surface area contributed by atoms with Crippen LogP contribution in [-0.2, 0) is 9.53 Å². The van der Waals surface area contributed by atoms with Gasteiger partial charge in [0.05, 0.1) is 11.1 Å². The van der Waals surface area contributed by atoms with Crippen LogP contribution in [-0.4, -0.2) is 34.4 Å². The van der Waals surface area contributed by atoms with Gasteiger partial charge in [0.2, 0.25) is 5.12 Å². The molecule has 156 valence electrons. The minimum Gasteiger partial charge on any atom is -0.449 e. The molecule has 6 heteroatoms. The first-order valence-corrected chi connectivity index (χ1v) is 11.0. The Morgan fingerprint density at radius 3 is 2.17 bits per heavy atom. The molecule has 0 radical (unpaired) electrons. The number of alkyl carbamates (subject to hydrolysis) is 1. The van der Waals surface area contributed by atoms with Crippen LogP contribution in [0.1, 0.15) is 44.7 Å². The third-order valence-electron chi connectivity index (χ3n) is 5.64. The van der Waals surface area contributed by atoms with Gasteiger partial charge in [-0.1, -0.05) is 62.4 Å². The lowest BCUT2D eigenvalue weighted by atomic mass is 9.98. The number of ether oxygens (including phenoxy) is 1. The highest BCUT2D eigenvalue weighted by Crippen LogP contribution is 2.44. The zero-order chi connectivity index (χ0) is 21.5.